The summed E-state index contributed by atoms with van der Waals surface area (Å²) >= 11 is 0. The Morgan fingerprint density at radius 1 is 0.727 bits per heavy atom. The van der Waals surface area contributed by atoms with Crippen molar-refractivity contribution in [3.05, 3.63) is 42.4 Å². The van der Waals surface area contributed by atoms with Crippen LogP contribution in [0.4, 0.5) is 0 Å². The first-order valence-corrected chi connectivity index (χ1v) is 13.8. The van der Waals surface area contributed by atoms with E-state index < -0.39 is 0 Å². The molecule has 0 atom stereocenters. The van der Waals surface area contributed by atoms with E-state index in [0.717, 1.165) is 54.0 Å². The molecule has 0 radical (unpaired) electrons. The summed E-state index contributed by atoms with van der Waals surface area (Å²) in [6.07, 6.45) is 23.9. The van der Waals surface area contributed by atoms with Gasteiger partial charge >= 0.3 is 0 Å². The predicted molar refractivity (Wildman–Crippen MR) is 140 cm³/mol. The quantitative estimate of drug-likeness (QED) is 0.254. The maximum absolute atomic E-state index is 6.02. The monoisotopic (exact) mass is 450 g/mol. The minimum atomic E-state index is 0.822. The molecule has 0 saturated heterocycles. The molecule has 0 N–H and O–H groups in total. The molecular formula is C30H46N2O. The first-order valence-electron chi connectivity index (χ1n) is 13.8. The third-order valence-electron chi connectivity index (χ3n) is 7.35. The zero-order valence-electron chi connectivity index (χ0n) is 21.2. The van der Waals surface area contributed by atoms with Crippen molar-refractivity contribution in [2.75, 3.05) is 6.61 Å². The van der Waals surface area contributed by atoms with Gasteiger partial charge in [0.2, 0.25) is 0 Å². The van der Waals surface area contributed by atoms with E-state index in [4.69, 9.17) is 4.74 Å². The summed E-state index contributed by atoms with van der Waals surface area (Å²) in [5, 5.41) is 0. The van der Waals surface area contributed by atoms with E-state index in [1.54, 1.807) is 0 Å². The lowest BCUT2D eigenvalue weighted by molar-refractivity contribution is 0.228. The van der Waals surface area contributed by atoms with Crippen molar-refractivity contribution in [2.24, 2.45) is 11.8 Å². The van der Waals surface area contributed by atoms with E-state index in [1.165, 1.54) is 83.5 Å². The van der Waals surface area contributed by atoms with Gasteiger partial charge in [-0.15, -0.1) is 0 Å². The largest absolute Gasteiger partial charge is 0.494 e. The molecule has 1 aliphatic carbocycles. The molecule has 1 saturated carbocycles. The number of benzene rings is 1. The fourth-order valence-corrected chi connectivity index (χ4v) is 5.14. The molecule has 1 aliphatic rings. The van der Waals surface area contributed by atoms with Gasteiger partial charge in [0.1, 0.15) is 5.75 Å². The molecule has 33 heavy (non-hydrogen) atoms. The summed E-state index contributed by atoms with van der Waals surface area (Å²) in [5.74, 6) is 2.89. The van der Waals surface area contributed by atoms with Crippen LogP contribution in [0.5, 0.6) is 5.75 Å². The number of unbranched alkanes of at least 4 members (excludes halogenated alkanes) is 5. The second kappa shape index (κ2) is 15.1. The second-order valence-corrected chi connectivity index (χ2v) is 10.1. The third-order valence-corrected chi connectivity index (χ3v) is 7.35. The van der Waals surface area contributed by atoms with Crippen molar-refractivity contribution in [3.63, 3.8) is 0 Å². The van der Waals surface area contributed by atoms with Crippen LogP contribution in [-0.2, 0) is 6.42 Å². The van der Waals surface area contributed by atoms with E-state index in [0.29, 0.717) is 0 Å². The standard InChI is InChI=1S/C30H46N2O/c1-3-5-7-9-13-28-23-32-30(24-31-28)27-18-20-29(21-19-27)33-22-10-12-26-16-14-25(15-17-26)11-8-6-4-2/h18-21,23-26H,3-17,22H2,1-2H3/t25-,26-. The van der Waals surface area contributed by atoms with E-state index in [-0.39, 0.29) is 0 Å². The van der Waals surface area contributed by atoms with Crippen molar-refractivity contribution < 1.29 is 4.74 Å². The number of hydrogen-bond donors (Lipinski definition) is 0. The molecule has 1 aromatic heterocycles. The van der Waals surface area contributed by atoms with Crippen LogP contribution in [0.15, 0.2) is 36.7 Å². The minimum absolute atomic E-state index is 0.822. The average Bonchev–Trinajstić information content (AvgIpc) is 2.86. The predicted octanol–water partition coefficient (Wildman–Crippen LogP) is 8.81. The molecule has 1 fully saturated rings. The maximum Gasteiger partial charge on any atom is 0.119 e. The summed E-state index contributed by atoms with van der Waals surface area (Å²) in [4.78, 5) is 9.24. The first-order chi connectivity index (χ1) is 16.3. The topological polar surface area (TPSA) is 35.0 Å². The van der Waals surface area contributed by atoms with Gasteiger partial charge in [-0.2, -0.15) is 0 Å². The van der Waals surface area contributed by atoms with Crippen molar-refractivity contribution in [1.82, 2.24) is 9.97 Å². The molecular weight excluding hydrogens is 404 g/mol. The van der Waals surface area contributed by atoms with Crippen LogP contribution in [0.1, 0.15) is 109 Å². The zero-order valence-corrected chi connectivity index (χ0v) is 21.2. The number of rotatable bonds is 15. The van der Waals surface area contributed by atoms with Gasteiger partial charge in [-0.25, -0.2) is 0 Å². The Morgan fingerprint density at radius 2 is 1.39 bits per heavy atom. The number of ether oxygens (including phenoxy) is 1. The van der Waals surface area contributed by atoms with Crippen LogP contribution >= 0.6 is 0 Å². The van der Waals surface area contributed by atoms with E-state index >= 15 is 0 Å². The molecule has 0 aliphatic heterocycles. The van der Waals surface area contributed by atoms with Crippen LogP contribution in [-0.4, -0.2) is 16.6 Å². The van der Waals surface area contributed by atoms with Gasteiger partial charge in [-0.1, -0.05) is 84.5 Å². The Morgan fingerprint density at radius 3 is 2.03 bits per heavy atom. The number of nitrogens with zero attached hydrogens (tertiary/aromatic N) is 2. The Hall–Kier alpha value is -1.90. The molecule has 0 unspecified atom stereocenters. The lowest BCUT2D eigenvalue weighted by atomic mass is 9.78. The molecule has 0 amide bonds. The SMILES string of the molecule is CCCCCCc1cnc(-c2ccc(OCCC[C@H]3CC[C@H](CCCCC)CC3)cc2)cn1. The summed E-state index contributed by atoms with van der Waals surface area (Å²) in [5.41, 5.74) is 3.13. The Kier molecular flexibility index (Phi) is 11.8. The Balaban J connectivity index is 1.31. The third kappa shape index (κ3) is 9.47. The van der Waals surface area contributed by atoms with Crippen LogP contribution in [0.2, 0.25) is 0 Å². The Bertz CT molecular complexity index is 748. The lowest BCUT2D eigenvalue weighted by Gasteiger charge is -2.28. The van der Waals surface area contributed by atoms with Gasteiger partial charge in [-0.05, 0) is 61.8 Å². The van der Waals surface area contributed by atoms with E-state index in [2.05, 4.69) is 48.1 Å². The molecule has 3 rings (SSSR count). The molecule has 1 aromatic carbocycles. The highest BCUT2D eigenvalue weighted by Gasteiger charge is 2.20. The molecule has 0 bridgehead atoms. The fraction of sp³-hybridized carbons (Fsp3) is 0.667. The van der Waals surface area contributed by atoms with E-state index in [1.807, 2.05) is 12.4 Å². The second-order valence-electron chi connectivity index (χ2n) is 10.1. The van der Waals surface area contributed by atoms with Crippen LogP contribution < -0.4 is 4.74 Å². The molecule has 1 heterocycles. The summed E-state index contributed by atoms with van der Waals surface area (Å²) in [7, 11) is 0. The van der Waals surface area contributed by atoms with Gasteiger partial charge in [0.25, 0.3) is 0 Å². The highest BCUT2D eigenvalue weighted by molar-refractivity contribution is 5.58. The zero-order chi connectivity index (χ0) is 23.1. The number of hydrogen-bond acceptors (Lipinski definition) is 3. The van der Waals surface area contributed by atoms with E-state index in [9.17, 15) is 0 Å². The molecule has 2 aromatic rings. The van der Waals surface area contributed by atoms with Gasteiger partial charge in [0.15, 0.2) is 0 Å². The minimum Gasteiger partial charge on any atom is -0.494 e. The lowest BCUT2D eigenvalue weighted by Crippen LogP contribution is -2.15. The maximum atomic E-state index is 6.02. The normalized spacial score (nSPS) is 18.4. The van der Waals surface area contributed by atoms with Crippen molar-refractivity contribution in [2.45, 2.75) is 110 Å². The van der Waals surface area contributed by atoms with Crippen LogP contribution in [0, 0.1) is 11.8 Å². The summed E-state index contributed by atoms with van der Waals surface area (Å²) in [6.45, 7) is 5.37. The van der Waals surface area contributed by atoms with Crippen molar-refractivity contribution in [3.8, 4) is 17.0 Å². The summed E-state index contributed by atoms with van der Waals surface area (Å²) < 4.78 is 6.02. The van der Waals surface area contributed by atoms with Crippen LogP contribution in [0.25, 0.3) is 11.3 Å². The van der Waals surface area contributed by atoms with Gasteiger partial charge in [0, 0.05) is 11.8 Å². The summed E-state index contributed by atoms with van der Waals surface area (Å²) in [6, 6.07) is 8.33. The smallest absolute Gasteiger partial charge is 0.119 e. The van der Waals surface area contributed by atoms with Crippen molar-refractivity contribution in [1.29, 1.82) is 0 Å². The van der Waals surface area contributed by atoms with Gasteiger partial charge in [-0.3, -0.25) is 9.97 Å². The molecule has 182 valence electrons. The van der Waals surface area contributed by atoms with Crippen molar-refractivity contribution >= 4 is 0 Å². The fourth-order valence-electron chi connectivity index (χ4n) is 5.14. The number of aryl methyl sites for hydroxylation is 1. The molecule has 3 heteroatoms. The average molecular weight is 451 g/mol. The Labute approximate surface area is 202 Å². The number of aromatic nitrogens is 2. The molecule has 3 nitrogen and oxygen atoms in total. The highest BCUT2D eigenvalue weighted by atomic mass is 16.5. The van der Waals surface area contributed by atoms with Gasteiger partial charge < -0.3 is 4.74 Å². The first kappa shape index (κ1) is 25.7. The highest BCUT2D eigenvalue weighted by Crippen LogP contribution is 2.34. The van der Waals surface area contributed by atoms with Gasteiger partial charge in [0.05, 0.1) is 24.2 Å². The van der Waals surface area contributed by atoms with Crippen LogP contribution in [0.3, 0.4) is 0 Å². The molecule has 0 spiro atoms.